The smallest absolute Gasteiger partial charge is 0.327 e. The van der Waals surface area contributed by atoms with Gasteiger partial charge in [0.25, 0.3) is 0 Å². The van der Waals surface area contributed by atoms with Crippen molar-refractivity contribution in [3.05, 3.63) is 33.3 Å². The molecule has 1 atom stereocenters. The number of benzene rings is 1. The molecule has 1 aromatic rings. The average Bonchev–Trinajstić information content (AvgIpc) is 2.44. The average molecular weight is 348 g/mol. The fourth-order valence-electron chi connectivity index (χ4n) is 2.23. The minimum absolute atomic E-state index is 0.250. The maximum atomic E-state index is 12.1. The van der Waals surface area contributed by atoms with E-state index >= 15 is 0 Å². The summed E-state index contributed by atoms with van der Waals surface area (Å²) in [5, 5.41) is 3.87. The highest BCUT2D eigenvalue weighted by atomic mass is 79.9. The van der Waals surface area contributed by atoms with E-state index in [9.17, 15) is 4.79 Å². The summed E-state index contributed by atoms with van der Waals surface area (Å²) in [7, 11) is 1.41. The van der Waals surface area contributed by atoms with Crippen LogP contribution in [0, 0.1) is 0 Å². The summed E-state index contributed by atoms with van der Waals surface area (Å²) in [5.41, 5.74) is 0.863. The Morgan fingerprint density at radius 1 is 1.47 bits per heavy atom. The number of hydrogen-bond acceptors (Lipinski definition) is 4. The lowest BCUT2D eigenvalue weighted by Crippen LogP contribution is -2.47. The van der Waals surface area contributed by atoms with Crippen molar-refractivity contribution >= 4 is 33.5 Å². The first kappa shape index (κ1) is 14.8. The number of methoxy groups -OCH3 is 1. The standard InChI is InChI=1S/C13H16BrClN2O2/c1-19-13(18)12(17-6-4-16-5-7-17)9-2-3-10(14)11(15)8-9/h2-3,8,12,16H,4-7H2,1H3. The Morgan fingerprint density at radius 2 is 2.16 bits per heavy atom. The summed E-state index contributed by atoms with van der Waals surface area (Å²) in [4.78, 5) is 14.2. The number of esters is 1. The molecule has 1 N–H and O–H groups in total. The third-order valence-electron chi connectivity index (χ3n) is 3.20. The molecule has 6 heteroatoms. The maximum absolute atomic E-state index is 12.1. The Balaban J connectivity index is 2.30. The van der Waals surface area contributed by atoms with Gasteiger partial charge < -0.3 is 10.1 Å². The highest BCUT2D eigenvalue weighted by molar-refractivity contribution is 9.10. The van der Waals surface area contributed by atoms with Gasteiger partial charge in [-0.1, -0.05) is 17.7 Å². The van der Waals surface area contributed by atoms with Crippen molar-refractivity contribution in [1.29, 1.82) is 0 Å². The number of carbonyl (C=O) groups is 1. The van der Waals surface area contributed by atoms with Crippen LogP contribution >= 0.6 is 27.5 Å². The summed E-state index contributed by atoms with van der Waals surface area (Å²) in [6.45, 7) is 3.37. The van der Waals surface area contributed by atoms with Crippen molar-refractivity contribution in [2.24, 2.45) is 0 Å². The number of piperazine rings is 1. The molecule has 1 fully saturated rings. The number of halogens is 2. The Morgan fingerprint density at radius 3 is 2.74 bits per heavy atom. The summed E-state index contributed by atoms with van der Waals surface area (Å²) >= 11 is 9.47. The summed E-state index contributed by atoms with van der Waals surface area (Å²) in [5.74, 6) is -0.250. The van der Waals surface area contributed by atoms with Gasteiger partial charge in [0.15, 0.2) is 0 Å². The van der Waals surface area contributed by atoms with Gasteiger partial charge in [-0.2, -0.15) is 0 Å². The molecule has 1 aromatic carbocycles. The Bertz CT molecular complexity index is 464. The minimum atomic E-state index is -0.391. The molecule has 0 radical (unpaired) electrons. The number of rotatable bonds is 3. The molecule has 104 valence electrons. The molecule has 0 spiro atoms. The molecule has 0 aliphatic carbocycles. The van der Waals surface area contributed by atoms with E-state index in [1.165, 1.54) is 7.11 Å². The molecule has 4 nitrogen and oxygen atoms in total. The van der Waals surface area contributed by atoms with Crippen LogP contribution in [0.1, 0.15) is 11.6 Å². The van der Waals surface area contributed by atoms with Crippen LogP contribution in [-0.2, 0) is 9.53 Å². The van der Waals surface area contributed by atoms with E-state index in [0.29, 0.717) is 5.02 Å². The maximum Gasteiger partial charge on any atom is 0.327 e. The lowest BCUT2D eigenvalue weighted by molar-refractivity contribution is -0.147. The van der Waals surface area contributed by atoms with E-state index in [1.807, 2.05) is 18.2 Å². The van der Waals surface area contributed by atoms with Crippen molar-refractivity contribution in [3.8, 4) is 0 Å². The van der Waals surface area contributed by atoms with E-state index in [0.717, 1.165) is 36.2 Å². The van der Waals surface area contributed by atoms with Crippen molar-refractivity contribution in [2.45, 2.75) is 6.04 Å². The van der Waals surface area contributed by atoms with Crippen LogP contribution in [0.2, 0.25) is 5.02 Å². The van der Waals surface area contributed by atoms with Gasteiger partial charge in [-0.15, -0.1) is 0 Å². The summed E-state index contributed by atoms with van der Waals surface area (Å²) in [6, 6.07) is 5.18. The molecular weight excluding hydrogens is 332 g/mol. The topological polar surface area (TPSA) is 41.6 Å². The Hall–Kier alpha value is -0.620. The number of hydrogen-bond donors (Lipinski definition) is 1. The second kappa shape index (κ2) is 6.70. The molecule has 19 heavy (non-hydrogen) atoms. The fourth-order valence-corrected chi connectivity index (χ4v) is 2.67. The lowest BCUT2D eigenvalue weighted by atomic mass is 10.0. The van der Waals surface area contributed by atoms with Crippen LogP contribution in [0.5, 0.6) is 0 Å². The van der Waals surface area contributed by atoms with Gasteiger partial charge in [-0.3, -0.25) is 4.90 Å². The quantitative estimate of drug-likeness (QED) is 0.851. The molecule has 1 unspecified atom stereocenters. The third kappa shape index (κ3) is 3.48. The van der Waals surface area contributed by atoms with Gasteiger partial charge in [-0.25, -0.2) is 4.79 Å². The minimum Gasteiger partial charge on any atom is -0.468 e. The fraction of sp³-hybridized carbons (Fsp3) is 0.462. The van der Waals surface area contributed by atoms with Crippen molar-refractivity contribution in [2.75, 3.05) is 33.3 Å². The number of ether oxygens (including phenoxy) is 1. The molecule has 1 aliphatic rings. The zero-order valence-corrected chi connectivity index (χ0v) is 13.0. The SMILES string of the molecule is COC(=O)C(c1ccc(Br)c(Cl)c1)N1CCNCC1. The third-order valence-corrected chi connectivity index (χ3v) is 4.43. The first-order valence-electron chi connectivity index (χ1n) is 6.11. The Kier molecular flexibility index (Phi) is 5.21. The monoisotopic (exact) mass is 346 g/mol. The molecule has 1 saturated heterocycles. The molecule has 0 amide bonds. The normalized spacial score (nSPS) is 18.1. The molecule has 1 aliphatic heterocycles. The second-order valence-corrected chi connectivity index (χ2v) is 5.65. The molecule has 1 heterocycles. The predicted octanol–water partition coefficient (Wildman–Crippen LogP) is 2.22. The van der Waals surface area contributed by atoms with Gasteiger partial charge in [0.2, 0.25) is 0 Å². The molecule has 0 saturated carbocycles. The largest absolute Gasteiger partial charge is 0.468 e. The van der Waals surface area contributed by atoms with E-state index in [4.69, 9.17) is 16.3 Å². The Labute approximate surface area is 126 Å². The van der Waals surface area contributed by atoms with Crippen molar-refractivity contribution < 1.29 is 9.53 Å². The number of nitrogens with one attached hydrogen (secondary N) is 1. The molecule has 2 rings (SSSR count). The zero-order chi connectivity index (χ0) is 13.8. The van der Waals surface area contributed by atoms with Crippen LogP contribution in [0.4, 0.5) is 0 Å². The number of nitrogens with zero attached hydrogens (tertiary/aromatic N) is 1. The van der Waals surface area contributed by atoms with E-state index in [1.54, 1.807) is 0 Å². The lowest BCUT2D eigenvalue weighted by Gasteiger charge is -2.33. The highest BCUT2D eigenvalue weighted by Gasteiger charge is 2.29. The van der Waals surface area contributed by atoms with Crippen LogP contribution < -0.4 is 5.32 Å². The molecular formula is C13H16BrClN2O2. The van der Waals surface area contributed by atoms with E-state index in [-0.39, 0.29) is 5.97 Å². The van der Waals surface area contributed by atoms with Crippen LogP contribution in [0.3, 0.4) is 0 Å². The predicted molar refractivity (Wildman–Crippen MR) is 78.4 cm³/mol. The van der Waals surface area contributed by atoms with Crippen molar-refractivity contribution in [1.82, 2.24) is 10.2 Å². The van der Waals surface area contributed by atoms with Crippen molar-refractivity contribution in [3.63, 3.8) is 0 Å². The number of carbonyl (C=O) groups excluding carboxylic acids is 1. The molecule has 0 aromatic heterocycles. The van der Waals surface area contributed by atoms with Crippen LogP contribution in [-0.4, -0.2) is 44.2 Å². The highest BCUT2D eigenvalue weighted by Crippen LogP contribution is 2.29. The van der Waals surface area contributed by atoms with Gasteiger partial charge >= 0.3 is 5.97 Å². The van der Waals surface area contributed by atoms with Gasteiger partial charge in [0.1, 0.15) is 6.04 Å². The first-order chi connectivity index (χ1) is 9.13. The molecule has 0 bridgehead atoms. The zero-order valence-electron chi connectivity index (χ0n) is 10.7. The van der Waals surface area contributed by atoms with E-state index in [2.05, 4.69) is 26.1 Å². The van der Waals surface area contributed by atoms with Gasteiger partial charge in [-0.05, 0) is 33.6 Å². The second-order valence-electron chi connectivity index (χ2n) is 4.39. The van der Waals surface area contributed by atoms with Gasteiger partial charge in [0.05, 0.1) is 12.1 Å². The first-order valence-corrected chi connectivity index (χ1v) is 7.28. The van der Waals surface area contributed by atoms with E-state index < -0.39 is 6.04 Å². The summed E-state index contributed by atoms with van der Waals surface area (Å²) in [6.07, 6.45) is 0. The summed E-state index contributed by atoms with van der Waals surface area (Å²) < 4.78 is 5.76. The van der Waals surface area contributed by atoms with Crippen LogP contribution in [0.15, 0.2) is 22.7 Å². The van der Waals surface area contributed by atoms with Crippen LogP contribution in [0.25, 0.3) is 0 Å². The van der Waals surface area contributed by atoms with Gasteiger partial charge in [0, 0.05) is 30.7 Å².